The first-order valence-electron chi connectivity index (χ1n) is 6.61. The molecule has 0 bridgehead atoms. The molecule has 0 radical (unpaired) electrons. The van der Waals surface area contributed by atoms with E-state index in [0.717, 1.165) is 12.0 Å². The Morgan fingerprint density at radius 1 is 1.40 bits per heavy atom. The van der Waals surface area contributed by atoms with Crippen LogP contribution >= 0.6 is 0 Å². The summed E-state index contributed by atoms with van der Waals surface area (Å²) in [5.41, 5.74) is 0. The lowest BCUT2D eigenvalue weighted by atomic mass is 10.0. The Morgan fingerprint density at radius 2 is 2.13 bits per heavy atom. The smallest absolute Gasteiger partial charge is 0.0166 e. The Morgan fingerprint density at radius 3 is 2.80 bits per heavy atom. The van der Waals surface area contributed by atoms with E-state index < -0.39 is 0 Å². The first kappa shape index (κ1) is 13.0. The fourth-order valence-corrected chi connectivity index (χ4v) is 2.56. The van der Waals surface area contributed by atoms with Crippen molar-refractivity contribution in [1.82, 2.24) is 10.2 Å². The lowest BCUT2D eigenvalue weighted by molar-refractivity contribution is 0.176. The zero-order valence-corrected chi connectivity index (χ0v) is 10.9. The third kappa shape index (κ3) is 4.52. The van der Waals surface area contributed by atoms with Crippen LogP contribution in [0.25, 0.3) is 0 Å². The fourth-order valence-electron chi connectivity index (χ4n) is 2.56. The van der Waals surface area contributed by atoms with E-state index in [1.165, 1.54) is 38.9 Å². The van der Waals surface area contributed by atoms with Crippen LogP contribution in [0.2, 0.25) is 0 Å². The zero-order chi connectivity index (χ0) is 11.3. The second-order valence-electron chi connectivity index (χ2n) is 5.34. The molecule has 15 heavy (non-hydrogen) atoms. The Labute approximate surface area is 95.4 Å². The molecule has 3 atom stereocenters. The fraction of sp³-hybridized carbons (Fsp3) is 1.00. The highest BCUT2D eigenvalue weighted by atomic mass is 15.2. The van der Waals surface area contributed by atoms with E-state index in [4.69, 9.17) is 0 Å². The van der Waals surface area contributed by atoms with Crippen LogP contribution < -0.4 is 5.32 Å². The normalized spacial score (nSPS) is 31.2. The van der Waals surface area contributed by atoms with E-state index in [9.17, 15) is 0 Å². The third-order valence-electron chi connectivity index (χ3n) is 3.51. The molecule has 0 saturated carbocycles. The minimum absolute atomic E-state index is 0.656. The van der Waals surface area contributed by atoms with Crippen molar-refractivity contribution in [1.29, 1.82) is 0 Å². The standard InChI is InChI=1S/C13H28N2/c1-5-6-11(2)9-15-10-12(3)14-8-7-13(15)4/h11-14H,5-10H2,1-4H3. The van der Waals surface area contributed by atoms with Gasteiger partial charge in [0.05, 0.1) is 0 Å². The van der Waals surface area contributed by atoms with Crippen LogP contribution in [0.3, 0.4) is 0 Å². The molecule has 0 aromatic heterocycles. The van der Waals surface area contributed by atoms with E-state index in [-0.39, 0.29) is 0 Å². The second kappa shape index (κ2) is 6.49. The largest absolute Gasteiger partial charge is 0.313 e. The molecule has 90 valence electrons. The Bertz CT molecular complexity index is 170. The van der Waals surface area contributed by atoms with Crippen LogP contribution in [0.4, 0.5) is 0 Å². The topological polar surface area (TPSA) is 15.3 Å². The van der Waals surface area contributed by atoms with Gasteiger partial charge in [-0.25, -0.2) is 0 Å². The van der Waals surface area contributed by atoms with Gasteiger partial charge in [-0.15, -0.1) is 0 Å². The van der Waals surface area contributed by atoms with Crippen LogP contribution in [0.1, 0.15) is 47.0 Å². The molecule has 0 spiro atoms. The molecule has 1 aliphatic heterocycles. The monoisotopic (exact) mass is 212 g/mol. The molecular formula is C13H28N2. The zero-order valence-electron chi connectivity index (χ0n) is 10.9. The van der Waals surface area contributed by atoms with Crippen LogP contribution in [0.5, 0.6) is 0 Å². The van der Waals surface area contributed by atoms with Crippen molar-refractivity contribution in [3.8, 4) is 0 Å². The summed E-state index contributed by atoms with van der Waals surface area (Å²) in [6, 6.07) is 1.41. The molecule has 0 aliphatic carbocycles. The molecular weight excluding hydrogens is 184 g/mol. The highest BCUT2D eigenvalue weighted by molar-refractivity contribution is 4.79. The van der Waals surface area contributed by atoms with Gasteiger partial charge in [0, 0.05) is 25.2 Å². The first-order chi connectivity index (χ1) is 7.13. The van der Waals surface area contributed by atoms with Crippen LogP contribution in [0.15, 0.2) is 0 Å². The maximum absolute atomic E-state index is 3.57. The summed E-state index contributed by atoms with van der Waals surface area (Å²) in [4.78, 5) is 2.67. The minimum Gasteiger partial charge on any atom is -0.313 e. The predicted molar refractivity (Wildman–Crippen MR) is 67.2 cm³/mol. The molecule has 2 nitrogen and oxygen atoms in total. The number of nitrogens with zero attached hydrogens (tertiary/aromatic N) is 1. The summed E-state index contributed by atoms with van der Waals surface area (Å²) in [5, 5.41) is 3.57. The van der Waals surface area contributed by atoms with Crippen LogP contribution in [0, 0.1) is 5.92 Å². The predicted octanol–water partition coefficient (Wildman–Crippen LogP) is 2.49. The summed E-state index contributed by atoms with van der Waals surface area (Å²) >= 11 is 0. The van der Waals surface area contributed by atoms with Crippen molar-refractivity contribution < 1.29 is 0 Å². The number of hydrogen-bond acceptors (Lipinski definition) is 2. The SMILES string of the molecule is CCCC(C)CN1CC(C)NCCC1C. The molecule has 0 amide bonds. The Kier molecular flexibility index (Phi) is 5.62. The van der Waals surface area contributed by atoms with Gasteiger partial charge >= 0.3 is 0 Å². The highest BCUT2D eigenvalue weighted by Crippen LogP contribution is 2.14. The van der Waals surface area contributed by atoms with Gasteiger partial charge in [-0.3, -0.25) is 4.90 Å². The van der Waals surface area contributed by atoms with E-state index >= 15 is 0 Å². The molecule has 1 saturated heterocycles. The van der Waals surface area contributed by atoms with Gasteiger partial charge in [-0.2, -0.15) is 0 Å². The molecule has 1 heterocycles. The van der Waals surface area contributed by atoms with Gasteiger partial charge < -0.3 is 5.32 Å². The molecule has 3 unspecified atom stereocenters. The Hall–Kier alpha value is -0.0800. The lowest BCUT2D eigenvalue weighted by Gasteiger charge is -2.30. The average molecular weight is 212 g/mol. The quantitative estimate of drug-likeness (QED) is 0.770. The van der Waals surface area contributed by atoms with Crippen molar-refractivity contribution in [2.45, 2.75) is 59.0 Å². The summed E-state index contributed by atoms with van der Waals surface area (Å²) in [6.45, 7) is 13.0. The first-order valence-corrected chi connectivity index (χ1v) is 6.61. The summed E-state index contributed by atoms with van der Waals surface area (Å²) in [7, 11) is 0. The van der Waals surface area contributed by atoms with E-state index in [2.05, 4.69) is 37.9 Å². The average Bonchev–Trinajstić information content (AvgIpc) is 2.30. The molecule has 0 aromatic rings. The molecule has 1 rings (SSSR count). The van der Waals surface area contributed by atoms with Crippen LogP contribution in [-0.4, -0.2) is 36.6 Å². The number of nitrogens with one attached hydrogen (secondary N) is 1. The van der Waals surface area contributed by atoms with Gasteiger partial charge in [-0.1, -0.05) is 20.3 Å². The Balaban J connectivity index is 2.41. The van der Waals surface area contributed by atoms with Gasteiger partial charge in [-0.05, 0) is 39.2 Å². The van der Waals surface area contributed by atoms with E-state index in [1.54, 1.807) is 0 Å². The van der Waals surface area contributed by atoms with Crippen molar-refractivity contribution >= 4 is 0 Å². The highest BCUT2D eigenvalue weighted by Gasteiger charge is 2.21. The summed E-state index contributed by atoms with van der Waals surface area (Å²) < 4.78 is 0. The number of hydrogen-bond donors (Lipinski definition) is 1. The van der Waals surface area contributed by atoms with Gasteiger partial charge in [0.2, 0.25) is 0 Å². The summed E-state index contributed by atoms with van der Waals surface area (Å²) in [6.07, 6.45) is 3.98. The van der Waals surface area contributed by atoms with Crippen molar-refractivity contribution in [3.05, 3.63) is 0 Å². The third-order valence-corrected chi connectivity index (χ3v) is 3.51. The second-order valence-corrected chi connectivity index (χ2v) is 5.34. The molecule has 0 aromatic carbocycles. The van der Waals surface area contributed by atoms with Crippen molar-refractivity contribution in [2.24, 2.45) is 5.92 Å². The lowest BCUT2D eigenvalue weighted by Crippen LogP contribution is -2.40. The molecule has 2 heteroatoms. The summed E-state index contributed by atoms with van der Waals surface area (Å²) in [5.74, 6) is 0.850. The molecule has 1 fully saturated rings. The maximum Gasteiger partial charge on any atom is 0.0166 e. The molecule has 1 N–H and O–H groups in total. The van der Waals surface area contributed by atoms with Gasteiger partial charge in [0.25, 0.3) is 0 Å². The van der Waals surface area contributed by atoms with E-state index in [0.29, 0.717) is 6.04 Å². The van der Waals surface area contributed by atoms with Crippen molar-refractivity contribution in [2.75, 3.05) is 19.6 Å². The number of rotatable bonds is 4. The molecule has 1 aliphatic rings. The van der Waals surface area contributed by atoms with E-state index in [1.807, 2.05) is 0 Å². The van der Waals surface area contributed by atoms with Gasteiger partial charge in [0.1, 0.15) is 0 Å². The van der Waals surface area contributed by atoms with Crippen molar-refractivity contribution in [3.63, 3.8) is 0 Å². The van der Waals surface area contributed by atoms with Crippen LogP contribution in [-0.2, 0) is 0 Å². The van der Waals surface area contributed by atoms with Gasteiger partial charge in [0.15, 0.2) is 0 Å². The maximum atomic E-state index is 3.57. The minimum atomic E-state index is 0.656.